The Balaban J connectivity index is 1.54. The highest BCUT2D eigenvalue weighted by atomic mass is 16.3. The third-order valence-electron chi connectivity index (χ3n) is 6.63. The van der Waals surface area contributed by atoms with E-state index in [0.29, 0.717) is 19.4 Å². The fourth-order valence-electron chi connectivity index (χ4n) is 5.12. The molecule has 1 heterocycles. The number of piperidine rings is 1. The monoisotopic (exact) mass is 379 g/mol. The molecule has 3 atom stereocenters. The number of likely N-dealkylation sites (tertiary alicyclic amines) is 1. The van der Waals surface area contributed by atoms with Crippen molar-refractivity contribution in [1.29, 1.82) is 0 Å². The third kappa shape index (κ3) is 3.59. The van der Waals surface area contributed by atoms with Gasteiger partial charge in [0.05, 0.1) is 18.6 Å². The van der Waals surface area contributed by atoms with E-state index in [-0.39, 0.29) is 24.5 Å². The first-order valence-electron chi connectivity index (χ1n) is 10.4. The quantitative estimate of drug-likeness (QED) is 0.856. The van der Waals surface area contributed by atoms with Crippen molar-refractivity contribution in [2.75, 3.05) is 6.54 Å². The van der Waals surface area contributed by atoms with Crippen LogP contribution in [-0.2, 0) is 23.4 Å². The number of nitrogens with zero attached hydrogens (tertiary/aromatic N) is 1. The van der Waals surface area contributed by atoms with Gasteiger partial charge in [-0.3, -0.25) is 4.79 Å². The maximum absolute atomic E-state index is 13.1. The molecule has 1 saturated heterocycles. The molecular formula is C24H29NO3. The molecule has 2 fully saturated rings. The molecule has 4 rings (SSSR count). The Bertz CT molecular complexity index is 804. The Labute approximate surface area is 166 Å². The summed E-state index contributed by atoms with van der Waals surface area (Å²) < 4.78 is 0. The number of hydrogen-bond acceptors (Lipinski definition) is 3. The number of aliphatic hydroxyl groups excluding tert-OH is 1. The van der Waals surface area contributed by atoms with Crippen molar-refractivity contribution in [3.8, 4) is 0 Å². The van der Waals surface area contributed by atoms with Crippen LogP contribution in [0.5, 0.6) is 0 Å². The normalized spacial score (nSPS) is 27.3. The summed E-state index contributed by atoms with van der Waals surface area (Å²) in [4.78, 5) is 15.1. The first-order valence-corrected chi connectivity index (χ1v) is 10.4. The third-order valence-corrected chi connectivity index (χ3v) is 6.63. The number of carbonyl (C=O) groups is 1. The van der Waals surface area contributed by atoms with Gasteiger partial charge in [0.25, 0.3) is 0 Å². The predicted molar refractivity (Wildman–Crippen MR) is 108 cm³/mol. The zero-order chi connectivity index (χ0) is 19.6. The van der Waals surface area contributed by atoms with Crippen LogP contribution in [0.25, 0.3) is 0 Å². The van der Waals surface area contributed by atoms with E-state index in [1.165, 1.54) is 0 Å². The molecule has 1 amide bonds. The van der Waals surface area contributed by atoms with Crippen molar-refractivity contribution < 1.29 is 15.0 Å². The lowest BCUT2D eigenvalue weighted by Gasteiger charge is -2.52. The maximum Gasteiger partial charge on any atom is 0.227 e. The van der Waals surface area contributed by atoms with E-state index >= 15 is 0 Å². The van der Waals surface area contributed by atoms with Crippen molar-refractivity contribution in [2.45, 2.75) is 56.8 Å². The van der Waals surface area contributed by atoms with Gasteiger partial charge < -0.3 is 15.1 Å². The maximum atomic E-state index is 13.1. The summed E-state index contributed by atoms with van der Waals surface area (Å²) in [5.74, 6) is 0.238. The molecule has 0 bridgehead atoms. The van der Waals surface area contributed by atoms with Gasteiger partial charge in [-0.15, -0.1) is 0 Å². The van der Waals surface area contributed by atoms with Crippen molar-refractivity contribution in [1.82, 2.24) is 4.90 Å². The van der Waals surface area contributed by atoms with Gasteiger partial charge in [-0.25, -0.2) is 0 Å². The van der Waals surface area contributed by atoms with E-state index in [4.69, 9.17) is 0 Å². The minimum Gasteiger partial charge on any atom is -0.392 e. The number of amides is 1. The van der Waals surface area contributed by atoms with Gasteiger partial charge in [-0.05, 0) is 36.0 Å². The molecule has 0 unspecified atom stereocenters. The molecular weight excluding hydrogens is 350 g/mol. The standard InChI is InChI=1S/C24H29NO3/c26-17-19-12-10-18(11-13-19)16-23(27)25-15-14-24(28,20-6-2-1-3-7-20)21-8-4-5-9-22(21)25/h1-3,6-7,10-13,21-22,26,28H,4-5,8-9,14-17H2/t21-,22+,24+/m0/s1. The molecule has 1 saturated carbocycles. The Hall–Kier alpha value is -2.17. The van der Waals surface area contributed by atoms with Gasteiger partial charge in [0.2, 0.25) is 5.91 Å². The van der Waals surface area contributed by atoms with Gasteiger partial charge in [0.1, 0.15) is 0 Å². The summed E-state index contributed by atoms with van der Waals surface area (Å²) >= 11 is 0. The Kier molecular flexibility index (Phi) is 5.51. The molecule has 28 heavy (non-hydrogen) atoms. The first kappa shape index (κ1) is 19.2. The van der Waals surface area contributed by atoms with Crippen LogP contribution in [0.4, 0.5) is 0 Å². The summed E-state index contributed by atoms with van der Waals surface area (Å²) in [6.45, 7) is 0.613. The van der Waals surface area contributed by atoms with E-state index in [2.05, 4.69) is 0 Å². The number of carbonyl (C=O) groups excluding carboxylic acids is 1. The topological polar surface area (TPSA) is 60.8 Å². The molecule has 4 heteroatoms. The molecule has 0 aromatic heterocycles. The largest absolute Gasteiger partial charge is 0.392 e. The van der Waals surface area contributed by atoms with Crippen LogP contribution in [-0.4, -0.2) is 33.6 Å². The first-order chi connectivity index (χ1) is 13.6. The number of fused-ring (bicyclic) bond motifs is 1. The van der Waals surface area contributed by atoms with Crippen LogP contribution < -0.4 is 0 Å². The van der Waals surface area contributed by atoms with Crippen molar-refractivity contribution in [3.63, 3.8) is 0 Å². The van der Waals surface area contributed by atoms with Gasteiger partial charge >= 0.3 is 0 Å². The van der Waals surface area contributed by atoms with Crippen LogP contribution in [0.3, 0.4) is 0 Å². The lowest BCUT2D eigenvalue weighted by molar-refractivity contribution is -0.154. The van der Waals surface area contributed by atoms with Crippen molar-refractivity contribution in [3.05, 3.63) is 71.3 Å². The number of aliphatic hydroxyl groups is 2. The second-order valence-corrected chi connectivity index (χ2v) is 8.24. The average Bonchev–Trinajstić information content (AvgIpc) is 2.75. The fraction of sp³-hybridized carbons (Fsp3) is 0.458. The second-order valence-electron chi connectivity index (χ2n) is 8.24. The van der Waals surface area contributed by atoms with Gasteiger partial charge in [0.15, 0.2) is 0 Å². The summed E-state index contributed by atoms with van der Waals surface area (Å²) in [6, 6.07) is 17.7. The molecule has 0 radical (unpaired) electrons. The molecule has 1 aliphatic carbocycles. The molecule has 1 aliphatic heterocycles. The van der Waals surface area contributed by atoms with E-state index in [1.807, 2.05) is 59.5 Å². The average molecular weight is 380 g/mol. The van der Waals surface area contributed by atoms with Crippen LogP contribution in [0, 0.1) is 5.92 Å². The second kappa shape index (κ2) is 8.06. The molecule has 2 aromatic carbocycles. The lowest BCUT2D eigenvalue weighted by Crippen LogP contribution is -2.59. The molecule has 2 aliphatic rings. The zero-order valence-electron chi connectivity index (χ0n) is 16.3. The minimum absolute atomic E-state index is 0.0160. The van der Waals surface area contributed by atoms with Crippen LogP contribution >= 0.6 is 0 Å². The Morgan fingerprint density at radius 3 is 2.39 bits per heavy atom. The molecule has 2 N–H and O–H groups in total. The van der Waals surface area contributed by atoms with Gasteiger partial charge in [0, 0.05) is 18.5 Å². The number of rotatable bonds is 4. The van der Waals surface area contributed by atoms with Gasteiger partial charge in [-0.2, -0.15) is 0 Å². The van der Waals surface area contributed by atoms with E-state index < -0.39 is 5.60 Å². The SMILES string of the molecule is O=C(Cc1ccc(CO)cc1)N1CC[C@@](O)(c2ccccc2)[C@H]2CCCC[C@H]21. The van der Waals surface area contributed by atoms with Gasteiger partial charge in [-0.1, -0.05) is 67.4 Å². The molecule has 2 aromatic rings. The van der Waals surface area contributed by atoms with Crippen LogP contribution in [0.2, 0.25) is 0 Å². The molecule has 148 valence electrons. The van der Waals surface area contributed by atoms with E-state index in [1.54, 1.807) is 0 Å². The zero-order valence-corrected chi connectivity index (χ0v) is 16.3. The summed E-state index contributed by atoms with van der Waals surface area (Å²) in [5, 5.41) is 20.8. The molecule has 4 nitrogen and oxygen atoms in total. The highest BCUT2D eigenvalue weighted by Crippen LogP contribution is 2.47. The fourth-order valence-corrected chi connectivity index (χ4v) is 5.12. The highest BCUT2D eigenvalue weighted by molar-refractivity contribution is 5.79. The van der Waals surface area contributed by atoms with Crippen LogP contribution in [0.15, 0.2) is 54.6 Å². The Morgan fingerprint density at radius 2 is 1.68 bits per heavy atom. The van der Waals surface area contributed by atoms with Crippen molar-refractivity contribution >= 4 is 5.91 Å². The predicted octanol–water partition coefficient (Wildman–Crippen LogP) is 3.40. The lowest BCUT2D eigenvalue weighted by atomic mass is 9.66. The molecule has 0 spiro atoms. The smallest absolute Gasteiger partial charge is 0.227 e. The summed E-state index contributed by atoms with van der Waals surface area (Å²) in [5.41, 5.74) is 1.97. The summed E-state index contributed by atoms with van der Waals surface area (Å²) in [6.07, 6.45) is 5.12. The van der Waals surface area contributed by atoms with Crippen molar-refractivity contribution in [2.24, 2.45) is 5.92 Å². The minimum atomic E-state index is -0.841. The van der Waals surface area contributed by atoms with E-state index in [0.717, 1.165) is 42.4 Å². The van der Waals surface area contributed by atoms with Crippen LogP contribution in [0.1, 0.15) is 48.8 Å². The highest BCUT2D eigenvalue weighted by Gasteiger charge is 2.50. The Morgan fingerprint density at radius 1 is 1.00 bits per heavy atom. The summed E-state index contributed by atoms with van der Waals surface area (Å²) in [7, 11) is 0. The number of hydrogen-bond donors (Lipinski definition) is 2. The number of benzene rings is 2. The van der Waals surface area contributed by atoms with E-state index in [9.17, 15) is 15.0 Å².